The van der Waals surface area contributed by atoms with Crippen LogP contribution in [0.2, 0.25) is 0 Å². The average molecular weight is 292 g/mol. The molecule has 2 unspecified atom stereocenters. The second kappa shape index (κ2) is 7.04. The Morgan fingerprint density at radius 1 is 1.25 bits per heavy atom. The molecule has 1 rings (SSSR count). The van der Waals surface area contributed by atoms with Gasteiger partial charge < -0.3 is 5.73 Å². The summed E-state index contributed by atoms with van der Waals surface area (Å²) in [4.78, 5) is 1.20. The number of rotatable bonds is 6. The molecule has 6 heteroatoms. The maximum Gasteiger partial charge on any atom is 0.401 e. The Balaban J connectivity index is 3.12. The number of hydrogen-bond acceptors (Lipinski definition) is 2. The Hall–Kier alpha value is -1.14. The maximum atomic E-state index is 13.9. The molecule has 2 nitrogen and oxygen atoms in total. The van der Waals surface area contributed by atoms with E-state index < -0.39 is 30.6 Å². The van der Waals surface area contributed by atoms with E-state index in [-0.39, 0.29) is 12.1 Å². The number of halogens is 4. The fourth-order valence-corrected chi connectivity index (χ4v) is 2.36. The lowest BCUT2D eigenvalue weighted by molar-refractivity contribution is -0.152. The summed E-state index contributed by atoms with van der Waals surface area (Å²) >= 11 is 0. The Bertz CT molecular complexity index is 418. The van der Waals surface area contributed by atoms with E-state index in [1.165, 1.54) is 23.1 Å². The smallest absolute Gasteiger partial charge is 0.326 e. The van der Waals surface area contributed by atoms with Crippen molar-refractivity contribution >= 4 is 0 Å². The normalized spacial score (nSPS) is 15.4. The summed E-state index contributed by atoms with van der Waals surface area (Å²) in [5, 5.41) is 0. The molecule has 0 aliphatic heterocycles. The van der Waals surface area contributed by atoms with Crippen LogP contribution in [0, 0.1) is 5.82 Å². The molecule has 0 spiro atoms. The molecule has 0 fully saturated rings. The highest BCUT2D eigenvalue weighted by Crippen LogP contribution is 2.29. The van der Waals surface area contributed by atoms with Crippen molar-refractivity contribution in [3.63, 3.8) is 0 Å². The molecule has 2 N–H and O–H groups in total. The summed E-state index contributed by atoms with van der Waals surface area (Å²) < 4.78 is 51.9. The van der Waals surface area contributed by atoms with Gasteiger partial charge in [0.15, 0.2) is 0 Å². The van der Waals surface area contributed by atoms with Gasteiger partial charge in [0.05, 0.1) is 12.6 Å². The molecule has 0 radical (unpaired) electrons. The first-order chi connectivity index (χ1) is 9.26. The third-order valence-electron chi connectivity index (χ3n) is 3.01. The summed E-state index contributed by atoms with van der Waals surface area (Å²) in [5.74, 6) is -0.530. The van der Waals surface area contributed by atoms with Crippen LogP contribution >= 0.6 is 0 Å². The van der Waals surface area contributed by atoms with Gasteiger partial charge in [-0.05, 0) is 26.0 Å². The summed E-state index contributed by atoms with van der Waals surface area (Å²) in [6.45, 7) is 2.49. The van der Waals surface area contributed by atoms with E-state index in [4.69, 9.17) is 5.73 Å². The lowest BCUT2D eigenvalue weighted by atomic mass is 9.98. The fraction of sp³-hybridized carbons (Fsp3) is 0.571. The quantitative estimate of drug-likeness (QED) is 0.813. The Morgan fingerprint density at radius 3 is 2.30 bits per heavy atom. The second-order valence-electron chi connectivity index (χ2n) is 4.91. The van der Waals surface area contributed by atoms with Crippen molar-refractivity contribution < 1.29 is 17.6 Å². The highest BCUT2D eigenvalue weighted by molar-refractivity contribution is 5.22. The van der Waals surface area contributed by atoms with E-state index in [0.29, 0.717) is 6.42 Å². The van der Waals surface area contributed by atoms with Crippen molar-refractivity contribution in [3.05, 3.63) is 35.6 Å². The first kappa shape index (κ1) is 16.9. The van der Waals surface area contributed by atoms with E-state index in [2.05, 4.69) is 0 Å². The van der Waals surface area contributed by atoms with Crippen LogP contribution in [0.4, 0.5) is 17.6 Å². The molecule has 0 saturated carbocycles. The third kappa shape index (κ3) is 4.76. The SMILES string of the molecule is CCCN(CC(F)(F)F)C(c1ccccc1F)C(C)N. The summed E-state index contributed by atoms with van der Waals surface area (Å²) in [6, 6.07) is 4.43. The highest BCUT2D eigenvalue weighted by Gasteiger charge is 2.36. The number of hydrogen-bond donors (Lipinski definition) is 1. The van der Waals surface area contributed by atoms with E-state index in [9.17, 15) is 17.6 Å². The number of nitrogens with two attached hydrogens (primary N) is 1. The van der Waals surface area contributed by atoms with Crippen molar-refractivity contribution in [1.29, 1.82) is 0 Å². The van der Waals surface area contributed by atoms with Gasteiger partial charge in [0.1, 0.15) is 5.82 Å². The van der Waals surface area contributed by atoms with Crippen molar-refractivity contribution in [2.75, 3.05) is 13.1 Å². The molecule has 1 aromatic carbocycles. The monoisotopic (exact) mass is 292 g/mol. The number of nitrogens with zero attached hydrogens (tertiary/aromatic N) is 1. The molecule has 0 saturated heterocycles. The molecular weight excluding hydrogens is 272 g/mol. The minimum atomic E-state index is -4.34. The van der Waals surface area contributed by atoms with E-state index >= 15 is 0 Å². The molecule has 114 valence electrons. The van der Waals surface area contributed by atoms with Crippen LogP contribution in [-0.2, 0) is 0 Å². The molecule has 1 aromatic rings. The van der Waals surface area contributed by atoms with Gasteiger partial charge in [0.2, 0.25) is 0 Å². The van der Waals surface area contributed by atoms with Crippen LogP contribution in [-0.4, -0.2) is 30.2 Å². The number of benzene rings is 1. The summed E-state index contributed by atoms with van der Waals surface area (Å²) in [7, 11) is 0. The van der Waals surface area contributed by atoms with Crippen LogP contribution in [0.1, 0.15) is 31.9 Å². The van der Waals surface area contributed by atoms with Gasteiger partial charge in [-0.1, -0.05) is 25.1 Å². The van der Waals surface area contributed by atoms with E-state index in [0.717, 1.165) is 0 Å². The van der Waals surface area contributed by atoms with Gasteiger partial charge in [-0.2, -0.15) is 13.2 Å². The second-order valence-corrected chi connectivity index (χ2v) is 4.91. The van der Waals surface area contributed by atoms with Crippen LogP contribution in [0.15, 0.2) is 24.3 Å². The minimum absolute atomic E-state index is 0.208. The van der Waals surface area contributed by atoms with Crippen molar-refractivity contribution in [2.45, 2.75) is 38.5 Å². The minimum Gasteiger partial charge on any atom is -0.326 e. The van der Waals surface area contributed by atoms with Gasteiger partial charge >= 0.3 is 6.18 Å². The molecule has 20 heavy (non-hydrogen) atoms. The topological polar surface area (TPSA) is 29.3 Å². The third-order valence-corrected chi connectivity index (χ3v) is 3.01. The van der Waals surface area contributed by atoms with Crippen LogP contribution in [0.3, 0.4) is 0 Å². The summed E-state index contributed by atoms with van der Waals surface area (Å²) in [6.07, 6.45) is -3.80. The fourth-order valence-electron chi connectivity index (χ4n) is 2.36. The van der Waals surface area contributed by atoms with Gasteiger partial charge in [0.25, 0.3) is 0 Å². The lowest BCUT2D eigenvalue weighted by Gasteiger charge is -2.35. The molecule has 0 aliphatic carbocycles. The molecule has 2 atom stereocenters. The first-order valence-electron chi connectivity index (χ1n) is 6.57. The zero-order chi connectivity index (χ0) is 15.3. The van der Waals surface area contributed by atoms with Crippen LogP contribution in [0.5, 0.6) is 0 Å². The molecule has 0 aromatic heterocycles. The molecule has 0 heterocycles. The number of alkyl halides is 3. The van der Waals surface area contributed by atoms with Crippen molar-refractivity contribution in [2.24, 2.45) is 5.73 Å². The Morgan fingerprint density at radius 2 is 1.85 bits per heavy atom. The van der Waals surface area contributed by atoms with Gasteiger partial charge in [0, 0.05) is 11.6 Å². The molecule has 0 amide bonds. The zero-order valence-electron chi connectivity index (χ0n) is 11.6. The Labute approximate surface area is 116 Å². The molecular formula is C14H20F4N2. The summed E-state index contributed by atoms with van der Waals surface area (Å²) in [5.41, 5.74) is 6.02. The standard InChI is InChI=1S/C14H20F4N2/c1-3-8-20(9-14(16,17)18)13(10(2)19)11-6-4-5-7-12(11)15/h4-7,10,13H,3,8-9,19H2,1-2H3. The zero-order valence-corrected chi connectivity index (χ0v) is 11.6. The predicted octanol–water partition coefficient (Wildman–Crippen LogP) is 3.49. The molecule has 0 bridgehead atoms. The highest BCUT2D eigenvalue weighted by atomic mass is 19.4. The van der Waals surface area contributed by atoms with Crippen molar-refractivity contribution in [1.82, 2.24) is 4.90 Å². The van der Waals surface area contributed by atoms with Gasteiger partial charge in [-0.15, -0.1) is 0 Å². The maximum absolute atomic E-state index is 13.9. The largest absolute Gasteiger partial charge is 0.401 e. The Kier molecular flexibility index (Phi) is 5.95. The van der Waals surface area contributed by atoms with E-state index in [1.54, 1.807) is 19.9 Å². The lowest BCUT2D eigenvalue weighted by Crippen LogP contribution is -2.44. The van der Waals surface area contributed by atoms with Crippen LogP contribution < -0.4 is 5.73 Å². The first-order valence-corrected chi connectivity index (χ1v) is 6.57. The van der Waals surface area contributed by atoms with Crippen LogP contribution in [0.25, 0.3) is 0 Å². The van der Waals surface area contributed by atoms with E-state index in [1.807, 2.05) is 0 Å². The van der Waals surface area contributed by atoms with Gasteiger partial charge in [-0.25, -0.2) is 4.39 Å². The molecule has 0 aliphatic rings. The predicted molar refractivity (Wildman–Crippen MR) is 70.7 cm³/mol. The van der Waals surface area contributed by atoms with Crippen molar-refractivity contribution in [3.8, 4) is 0 Å². The average Bonchev–Trinajstić information content (AvgIpc) is 2.29. The van der Waals surface area contributed by atoms with Gasteiger partial charge in [-0.3, -0.25) is 4.90 Å².